The molecular weight excluding hydrogens is 262 g/mol. The van der Waals surface area contributed by atoms with Gasteiger partial charge in [-0.1, -0.05) is 30.0 Å². The van der Waals surface area contributed by atoms with Gasteiger partial charge in [-0.25, -0.2) is 4.98 Å². The van der Waals surface area contributed by atoms with Gasteiger partial charge in [-0.2, -0.15) is 4.68 Å². The van der Waals surface area contributed by atoms with Gasteiger partial charge in [0.1, 0.15) is 6.26 Å². The number of tetrazole rings is 1. The molecule has 0 aliphatic heterocycles. The fourth-order valence-corrected chi connectivity index (χ4v) is 2.35. The van der Waals surface area contributed by atoms with Crippen molar-refractivity contribution in [2.75, 3.05) is 0 Å². The van der Waals surface area contributed by atoms with Gasteiger partial charge in [-0.3, -0.25) is 0 Å². The lowest BCUT2D eigenvalue weighted by Gasteiger charge is -2.02. The van der Waals surface area contributed by atoms with Crippen LogP contribution >= 0.6 is 11.8 Å². The molecule has 0 unspecified atom stereocenters. The molecule has 2 heterocycles. The minimum Gasteiger partial charge on any atom is -0.440 e. The summed E-state index contributed by atoms with van der Waals surface area (Å²) >= 11 is 1.47. The van der Waals surface area contributed by atoms with Gasteiger partial charge in [0.2, 0.25) is 0 Å². The Labute approximate surface area is 113 Å². The zero-order valence-corrected chi connectivity index (χ0v) is 11.0. The molecule has 19 heavy (non-hydrogen) atoms. The van der Waals surface area contributed by atoms with E-state index in [-0.39, 0.29) is 0 Å². The molecule has 1 aromatic carbocycles. The van der Waals surface area contributed by atoms with E-state index in [0.29, 0.717) is 11.0 Å². The lowest BCUT2D eigenvalue weighted by molar-refractivity contribution is 0.454. The first-order chi connectivity index (χ1) is 9.33. The van der Waals surface area contributed by atoms with E-state index in [4.69, 9.17) is 4.42 Å². The Hall–Kier alpha value is -2.15. The average molecular weight is 273 g/mol. The van der Waals surface area contributed by atoms with Crippen LogP contribution < -0.4 is 0 Å². The van der Waals surface area contributed by atoms with Crippen LogP contribution in [0.1, 0.15) is 11.5 Å². The molecule has 96 valence electrons. The van der Waals surface area contributed by atoms with Gasteiger partial charge >= 0.3 is 0 Å². The highest BCUT2D eigenvalue weighted by Crippen LogP contribution is 2.21. The first-order valence-electron chi connectivity index (χ1n) is 5.70. The van der Waals surface area contributed by atoms with Crippen molar-refractivity contribution >= 4 is 11.8 Å². The van der Waals surface area contributed by atoms with Gasteiger partial charge in [0.15, 0.2) is 5.82 Å². The molecule has 0 saturated carbocycles. The molecule has 0 aliphatic rings. The molecule has 2 aromatic heterocycles. The van der Waals surface area contributed by atoms with E-state index in [1.54, 1.807) is 10.9 Å². The van der Waals surface area contributed by atoms with Crippen molar-refractivity contribution in [3.8, 4) is 5.69 Å². The summed E-state index contributed by atoms with van der Waals surface area (Å²) in [5.41, 5.74) is 1.80. The van der Waals surface area contributed by atoms with Crippen molar-refractivity contribution in [1.82, 2.24) is 25.2 Å². The molecule has 0 spiro atoms. The molecule has 3 aromatic rings. The molecule has 0 fully saturated rings. The van der Waals surface area contributed by atoms with Gasteiger partial charge in [0.05, 0.1) is 17.1 Å². The fourth-order valence-electron chi connectivity index (χ4n) is 1.59. The molecule has 0 N–H and O–H groups in total. The average Bonchev–Trinajstić information content (AvgIpc) is 3.06. The molecule has 0 bridgehead atoms. The normalized spacial score (nSPS) is 10.8. The maximum Gasteiger partial charge on any atom is 0.256 e. The minimum atomic E-state index is 0.599. The molecule has 6 nitrogen and oxygen atoms in total. The van der Waals surface area contributed by atoms with Crippen LogP contribution in [0.5, 0.6) is 0 Å². The quantitative estimate of drug-likeness (QED) is 0.679. The zero-order chi connectivity index (χ0) is 13.1. The summed E-state index contributed by atoms with van der Waals surface area (Å²) in [5, 5.41) is 12.4. The Morgan fingerprint density at radius 3 is 2.84 bits per heavy atom. The predicted octanol–water partition coefficient (Wildman–Crippen LogP) is 2.25. The van der Waals surface area contributed by atoms with E-state index in [1.807, 2.05) is 37.3 Å². The maximum absolute atomic E-state index is 5.28. The smallest absolute Gasteiger partial charge is 0.256 e. The Balaban J connectivity index is 1.77. The molecule has 3 rings (SSSR count). The number of oxazole rings is 1. The maximum atomic E-state index is 5.28. The number of hydrogen-bond donors (Lipinski definition) is 0. The highest BCUT2D eigenvalue weighted by molar-refractivity contribution is 7.98. The number of para-hydroxylation sites is 1. The molecular formula is C12H11N5OS. The van der Waals surface area contributed by atoms with Crippen LogP contribution in [0, 0.1) is 6.92 Å². The molecule has 0 aliphatic carbocycles. The van der Waals surface area contributed by atoms with Crippen LogP contribution in [-0.4, -0.2) is 25.2 Å². The molecule has 0 radical (unpaired) electrons. The third-order valence-electron chi connectivity index (χ3n) is 2.46. The fraction of sp³-hybridized carbons (Fsp3) is 0.167. The van der Waals surface area contributed by atoms with Crippen LogP contribution in [0.25, 0.3) is 5.69 Å². The SMILES string of the molecule is Cc1coc(SCc2nnnn2-c2ccccc2)n1. The van der Waals surface area contributed by atoms with Crippen molar-refractivity contribution in [3.05, 3.63) is 48.1 Å². The van der Waals surface area contributed by atoms with Crippen molar-refractivity contribution in [1.29, 1.82) is 0 Å². The Bertz CT molecular complexity index is 664. The van der Waals surface area contributed by atoms with Crippen molar-refractivity contribution < 1.29 is 4.42 Å². The van der Waals surface area contributed by atoms with E-state index in [0.717, 1.165) is 17.2 Å². The highest BCUT2D eigenvalue weighted by Gasteiger charge is 2.10. The third kappa shape index (κ3) is 2.65. The number of rotatable bonds is 4. The minimum absolute atomic E-state index is 0.599. The van der Waals surface area contributed by atoms with Crippen LogP contribution in [0.2, 0.25) is 0 Å². The molecule has 0 amide bonds. The van der Waals surface area contributed by atoms with E-state index in [9.17, 15) is 0 Å². The Kier molecular flexibility index (Phi) is 3.28. The Morgan fingerprint density at radius 2 is 2.11 bits per heavy atom. The summed E-state index contributed by atoms with van der Waals surface area (Å²) in [6, 6.07) is 9.77. The first-order valence-corrected chi connectivity index (χ1v) is 6.69. The van der Waals surface area contributed by atoms with E-state index >= 15 is 0 Å². The van der Waals surface area contributed by atoms with Crippen molar-refractivity contribution in [2.45, 2.75) is 17.9 Å². The number of hydrogen-bond acceptors (Lipinski definition) is 6. The second-order valence-electron chi connectivity index (χ2n) is 3.89. The predicted molar refractivity (Wildman–Crippen MR) is 70.0 cm³/mol. The van der Waals surface area contributed by atoms with E-state index < -0.39 is 0 Å². The van der Waals surface area contributed by atoms with Gasteiger partial charge in [-0.15, -0.1) is 5.10 Å². The summed E-state index contributed by atoms with van der Waals surface area (Å²) in [6.07, 6.45) is 1.63. The third-order valence-corrected chi connectivity index (χ3v) is 3.29. The molecule has 7 heteroatoms. The largest absolute Gasteiger partial charge is 0.440 e. The van der Waals surface area contributed by atoms with Gasteiger partial charge < -0.3 is 4.42 Å². The molecule has 0 saturated heterocycles. The topological polar surface area (TPSA) is 69.6 Å². The van der Waals surface area contributed by atoms with Crippen LogP contribution in [0.3, 0.4) is 0 Å². The summed E-state index contributed by atoms with van der Waals surface area (Å²) in [7, 11) is 0. The second kappa shape index (κ2) is 5.23. The summed E-state index contributed by atoms with van der Waals surface area (Å²) in [5.74, 6) is 1.36. The van der Waals surface area contributed by atoms with Crippen LogP contribution in [0.15, 0.2) is 46.2 Å². The van der Waals surface area contributed by atoms with E-state index in [1.165, 1.54) is 11.8 Å². The summed E-state index contributed by atoms with van der Waals surface area (Å²) in [6.45, 7) is 1.89. The molecule has 0 atom stereocenters. The number of thioether (sulfide) groups is 1. The van der Waals surface area contributed by atoms with Gasteiger partial charge in [0.25, 0.3) is 5.22 Å². The van der Waals surface area contributed by atoms with Crippen molar-refractivity contribution in [3.63, 3.8) is 0 Å². The van der Waals surface area contributed by atoms with Gasteiger partial charge in [0, 0.05) is 0 Å². The lowest BCUT2D eigenvalue weighted by atomic mass is 10.3. The standard InChI is InChI=1S/C12H11N5OS/c1-9-7-18-12(13-9)19-8-11-14-15-16-17(11)10-5-3-2-4-6-10/h2-7H,8H2,1H3. The lowest BCUT2D eigenvalue weighted by Crippen LogP contribution is -2.01. The second-order valence-corrected chi connectivity index (χ2v) is 4.81. The number of benzene rings is 1. The van der Waals surface area contributed by atoms with Crippen molar-refractivity contribution in [2.24, 2.45) is 0 Å². The summed E-state index contributed by atoms with van der Waals surface area (Å²) < 4.78 is 6.99. The Morgan fingerprint density at radius 1 is 1.26 bits per heavy atom. The number of aryl methyl sites for hydroxylation is 1. The number of aromatic nitrogens is 5. The van der Waals surface area contributed by atoms with E-state index in [2.05, 4.69) is 20.5 Å². The van der Waals surface area contributed by atoms with Crippen LogP contribution in [-0.2, 0) is 5.75 Å². The monoisotopic (exact) mass is 273 g/mol. The zero-order valence-electron chi connectivity index (χ0n) is 10.2. The first kappa shape index (κ1) is 11.9. The summed E-state index contributed by atoms with van der Waals surface area (Å²) in [4.78, 5) is 4.23. The van der Waals surface area contributed by atoms with Crippen LogP contribution in [0.4, 0.5) is 0 Å². The van der Waals surface area contributed by atoms with Gasteiger partial charge in [-0.05, 0) is 29.5 Å². The number of nitrogens with zero attached hydrogens (tertiary/aromatic N) is 5. The highest BCUT2D eigenvalue weighted by atomic mass is 32.2.